The maximum atomic E-state index is 13.2. The molecule has 0 fully saturated rings. The summed E-state index contributed by atoms with van der Waals surface area (Å²) in [7, 11) is 0. The Bertz CT molecular complexity index is 1360. The third-order valence-corrected chi connectivity index (χ3v) is 6.30. The summed E-state index contributed by atoms with van der Waals surface area (Å²) in [6, 6.07) is 1.38. The lowest BCUT2D eigenvalue weighted by Crippen LogP contribution is -2.57. The Morgan fingerprint density at radius 3 is 2.05 bits per heavy atom. The van der Waals surface area contributed by atoms with E-state index >= 15 is 0 Å². The van der Waals surface area contributed by atoms with Gasteiger partial charge < -0.3 is 53.5 Å². The number of aromatic nitrogens is 1. The molecule has 17 nitrogen and oxygen atoms in total. The van der Waals surface area contributed by atoms with Crippen molar-refractivity contribution in [1.29, 1.82) is 0 Å². The smallest absolute Gasteiger partial charge is 0.326 e. The number of H-pyrrole nitrogens is 1. The number of guanidine groups is 1. The van der Waals surface area contributed by atoms with Gasteiger partial charge >= 0.3 is 17.9 Å². The molecule has 3 amide bonds. The van der Waals surface area contributed by atoms with Crippen molar-refractivity contribution in [2.75, 3.05) is 6.54 Å². The lowest BCUT2D eigenvalue weighted by atomic mass is 10.0. The van der Waals surface area contributed by atoms with E-state index in [1.807, 2.05) is 0 Å². The fourth-order valence-corrected chi connectivity index (χ4v) is 4.13. The van der Waals surface area contributed by atoms with Gasteiger partial charge in [-0.05, 0) is 30.9 Å². The van der Waals surface area contributed by atoms with Crippen molar-refractivity contribution in [3.63, 3.8) is 0 Å². The lowest BCUT2D eigenvalue weighted by Gasteiger charge is -2.25. The first-order valence-electron chi connectivity index (χ1n) is 13.2. The Morgan fingerprint density at radius 1 is 0.837 bits per heavy atom. The molecule has 0 spiro atoms. The second-order valence-corrected chi connectivity index (χ2v) is 9.67. The average Bonchev–Trinajstić information content (AvgIpc) is 3.33. The molecule has 1 aromatic heterocycles. The first-order valence-corrected chi connectivity index (χ1v) is 13.2. The molecule has 234 valence electrons. The molecule has 0 aliphatic rings. The molecule has 0 aliphatic heterocycles. The van der Waals surface area contributed by atoms with Crippen LogP contribution in [-0.2, 0) is 35.2 Å². The van der Waals surface area contributed by atoms with Crippen LogP contribution < -0.4 is 33.2 Å². The monoisotopic (exact) mass is 604 g/mol. The SMILES string of the molecule is NC(N)=NCCCC(NC(=O)C(N)CC(=O)O)C(=O)NC(CCC(=O)O)C(=O)NC(Cc1c[nH]c2ccccc12)C(=O)O. The number of fused-ring (bicyclic) bond motifs is 1. The van der Waals surface area contributed by atoms with Gasteiger partial charge in [0, 0.05) is 36.5 Å². The standard InChI is InChI=1S/C26H36N8O9/c27-15(11-21(37)38)22(39)32-17(6-3-9-30-26(28)29)23(40)33-18(7-8-20(35)36)24(41)34-19(25(42)43)10-13-12-31-16-5-2-1-4-14(13)16/h1-2,4-5,12,15,17-19,31H,3,6-11,27H2,(H,32,39)(H,33,40)(H,34,41)(H,35,36)(H,37,38)(H,42,43)(H4,28,29,30). The van der Waals surface area contributed by atoms with Crippen LogP contribution in [0.2, 0.25) is 0 Å². The fraction of sp³-hybridized carbons (Fsp3) is 0.423. The molecule has 0 saturated carbocycles. The Balaban J connectivity index is 2.22. The molecule has 0 radical (unpaired) electrons. The van der Waals surface area contributed by atoms with E-state index in [1.54, 1.807) is 30.5 Å². The molecule has 1 heterocycles. The van der Waals surface area contributed by atoms with Crippen molar-refractivity contribution in [3.8, 4) is 0 Å². The summed E-state index contributed by atoms with van der Waals surface area (Å²) >= 11 is 0. The molecule has 17 heteroatoms. The first kappa shape index (κ1) is 34.0. The van der Waals surface area contributed by atoms with Crippen molar-refractivity contribution in [3.05, 3.63) is 36.0 Å². The minimum Gasteiger partial charge on any atom is -0.481 e. The van der Waals surface area contributed by atoms with Gasteiger partial charge in [0.1, 0.15) is 18.1 Å². The molecular formula is C26H36N8O9. The molecule has 0 saturated heterocycles. The molecule has 0 bridgehead atoms. The number of hydrogen-bond acceptors (Lipinski definition) is 8. The maximum Gasteiger partial charge on any atom is 0.326 e. The normalized spacial score (nSPS) is 13.6. The highest BCUT2D eigenvalue weighted by Crippen LogP contribution is 2.19. The number of amides is 3. The summed E-state index contributed by atoms with van der Waals surface area (Å²) in [5.41, 5.74) is 17.6. The predicted molar refractivity (Wildman–Crippen MR) is 152 cm³/mol. The number of nitrogens with zero attached hydrogens (tertiary/aromatic N) is 1. The third-order valence-electron chi connectivity index (χ3n) is 6.30. The molecule has 4 unspecified atom stereocenters. The average molecular weight is 605 g/mol. The molecule has 13 N–H and O–H groups in total. The zero-order valence-corrected chi connectivity index (χ0v) is 23.1. The number of hydrogen-bond donors (Lipinski definition) is 10. The fourth-order valence-electron chi connectivity index (χ4n) is 4.13. The minimum absolute atomic E-state index is 0.0697. The number of rotatable bonds is 18. The zero-order chi connectivity index (χ0) is 32.1. The first-order chi connectivity index (χ1) is 20.3. The molecule has 0 aliphatic carbocycles. The van der Waals surface area contributed by atoms with E-state index in [9.17, 15) is 39.0 Å². The van der Waals surface area contributed by atoms with E-state index in [0.717, 1.165) is 10.9 Å². The number of nitrogens with one attached hydrogen (secondary N) is 4. The Morgan fingerprint density at radius 2 is 1.44 bits per heavy atom. The van der Waals surface area contributed by atoms with Crippen LogP contribution in [0.25, 0.3) is 10.9 Å². The Kier molecular flexibility index (Phi) is 12.9. The van der Waals surface area contributed by atoms with Gasteiger partial charge in [0.05, 0.1) is 12.5 Å². The highest BCUT2D eigenvalue weighted by Gasteiger charge is 2.31. The summed E-state index contributed by atoms with van der Waals surface area (Å²) < 4.78 is 0. The van der Waals surface area contributed by atoms with Crippen LogP contribution in [0.15, 0.2) is 35.5 Å². The molecule has 43 heavy (non-hydrogen) atoms. The molecule has 2 rings (SSSR count). The van der Waals surface area contributed by atoms with E-state index in [2.05, 4.69) is 25.9 Å². The highest BCUT2D eigenvalue weighted by molar-refractivity contribution is 5.95. The van der Waals surface area contributed by atoms with Gasteiger partial charge in [0.15, 0.2) is 5.96 Å². The van der Waals surface area contributed by atoms with E-state index < -0.39 is 79.1 Å². The van der Waals surface area contributed by atoms with Gasteiger partial charge in [-0.2, -0.15) is 0 Å². The van der Waals surface area contributed by atoms with Crippen LogP contribution in [0.1, 0.15) is 37.7 Å². The molecular weight excluding hydrogens is 568 g/mol. The van der Waals surface area contributed by atoms with Crippen LogP contribution in [-0.4, -0.2) is 92.6 Å². The largest absolute Gasteiger partial charge is 0.481 e. The summed E-state index contributed by atoms with van der Waals surface area (Å²) in [6.07, 6.45) is -0.0769. The number of para-hydroxylation sites is 1. The van der Waals surface area contributed by atoms with E-state index in [4.69, 9.17) is 22.3 Å². The van der Waals surface area contributed by atoms with Gasteiger partial charge in [-0.25, -0.2) is 4.79 Å². The van der Waals surface area contributed by atoms with Crippen molar-refractivity contribution < 1.29 is 44.1 Å². The van der Waals surface area contributed by atoms with Gasteiger partial charge in [-0.3, -0.25) is 29.0 Å². The number of aromatic amines is 1. The molecule has 2 aromatic rings. The minimum atomic E-state index is -1.50. The van der Waals surface area contributed by atoms with Crippen molar-refractivity contribution in [2.45, 2.75) is 62.7 Å². The van der Waals surface area contributed by atoms with Crippen LogP contribution in [0.3, 0.4) is 0 Å². The van der Waals surface area contributed by atoms with Gasteiger partial charge in [0.2, 0.25) is 17.7 Å². The number of carbonyl (C=O) groups excluding carboxylic acids is 3. The van der Waals surface area contributed by atoms with E-state index in [-0.39, 0.29) is 31.8 Å². The number of carbonyl (C=O) groups is 6. The van der Waals surface area contributed by atoms with Crippen molar-refractivity contribution in [2.24, 2.45) is 22.2 Å². The topological polar surface area (TPSA) is 305 Å². The van der Waals surface area contributed by atoms with Crippen LogP contribution >= 0.6 is 0 Å². The second-order valence-electron chi connectivity index (χ2n) is 9.67. The Labute approximate surface area is 245 Å². The third kappa shape index (κ3) is 11.3. The van der Waals surface area contributed by atoms with Crippen LogP contribution in [0, 0.1) is 0 Å². The van der Waals surface area contributed by atoms with Crippen molar-refractivity contribution >= 4 is 52.5 Å². The number of nitrogens with two attached hydrogens (primary N) is 3. The van der Waals surface area contributed by atoms with Gasteiger partial charge in [-0.1, -0.05) is 18.2 Å². The Hall–Kier alpha value is -5.19. The second kappa shape index (κ2) is 16.3. The van der Waals surface area contributed by atoms with E-state index in [0.29, 0.717) is 5.56 Å². The van der Waals surface area contributed by atoms with Crippen LogP contribution in [0.5, 0.6) is 0 Å². The van der Waals surface area contributed by atoms with Gasteiger partial charge in [-0.15, -0.1) is 0 Å². The number of aliphatic imine (C=N–C) groups is 1. The summed E-state index contributed by atoms with van der Waals surface area (Å²) in [6.45, 7) is 0.0697. The maximum absolute atomic E-state index is 13.2. The molecule has 4 atom stereocenters. The van der Waals surface area contributed by atoms with E-state index in [1.165, 1.54) is 0 Å². The molecule has 1 aromatic carbocycles. The quantitative estimate of drug-likeness (QED) is 0.0500. The predicted octanol–water partition coefficient (Wildman–Crippen LogP) is -2.03. The lowest BCUT2D eigenvalue weighted by molar-refractivity contribution is -0.143. The van der Waals surface area contributed by atoms with Gasteiger partial charge in [0.25, 0.3) is 0 Å². The highest BCUT2D eigenvalue weighted by atomic mass is 16.4. The number of carboxylic acids is 3. The summed E-state index contributed by atoms with van der Waals surface area (Å²) in [5, 5.41) is 35.7. The van der Waals surface area contributed by atoms with Crippen molar-refractivity contribution in [1.82, 2.24) is 20.9 Å². The number of aliphatic carboxylic acids is 3. The number of carboxylic acid groups (broad SMARTS) is 3. The summed E-state index contributed by atoms with van der Waals surface area (Å²) in [4.78, 5) is 79.9. The number of benzene rings is 1. The van der Waals surface area contributed by atoms with Crippen LogP contribution in [0.4, 0.5) is 0 Å². The summed E-state index contributed by atoms with van der Waals surface area (Å²) in [5.74, 6) is -7.03. The zero-order valence-electron chi connectivity index (χ0n) is 23.1.